The van der Waals surface area contributed by atoms with Gasteiger partial charge in [0.2, 0.25) is 0 Å². The number of allylic oxidation sites excluding steroid dienone is 2. The van der Waals surface area contributed by atoms with Crippen molar-refractivity contribution < 1.29 is 14.4 Å². The molecule has 0 aromatic rings. The summed E-state index contributed by atoms with van der Waals surface area (Å²) < 4.78 is 0. The summed E-state index contributed by atoms with van der Waals surface area (Å²) in [7, 11) is 0. The van der Waals surface area contributed by atoms with Crippen LogP contribution in [0.2, 0.25) is 0 Å². The first kappa shape index (κ1) is 13.4. The topological polar surface area (TPSA) is 51.2 Å². The number of hydrogen-bond acceptors (Lipinski definition) is 3. The van der Waals surface area contributed by atoms with Gasteiger partial charge in [-0.2, -0.15) is 0 Å². The quantitative estimate of drug-likeness (QED) is 0.643. The zero-order chi connectivity index (χ0) is 15.1. The van der Waals surface area contributed by atoms with E-state index in [1.165, 1.54) is 0 Å². The number of fused-ring (bicyclic) bond motifs is 6. The van der Waals surface area contributed by atoms with Gasteiger partial charge < -0.3 is 0 Å². The van der Waals surface area contributed by atoms with E-state index in [9.17, 15) is 14.4 Å². The van der Waals surface area contributed by atoms with Crippen LogP contribution in [0.3, 0.4) is 0 Å². The van der Waals surface area contributed by atoms with E-state index in [0.717, 1.165) is 6.42 Å². The molecule has 0 saturated heterocycles. The van der Waals surface area contributed by atoms with Crippen LogP contribution in [0.4, 0.5) is 0 Å². The van der Waals surface area contributed by atoms with E-state index in [4.69, 9.17) is 0 Å². The predicted molar refractivity (Wildman–Crippen MR) is 77.3 cm³/mol. The van der Waals surface area contributed by atoms with Crippen molar-refractivity contribution in [3.8, 4) is 0 Å². The molecule has 0 aromatic heterocycles. The first-order valence-corrected chi connectivity index (χ1v) is 8.16. The van der Waals surface area contributed by atoms with Crippen molar-refractivity contribution in [3.63, 3.8) is 0 Å². The second-order valence-corrected chi connectivity index (χ2v) is 7.88. The Morgan fingerprint density at radius 2 is 1.81 bits per heavy atom. The molecule has 8 atom stereocenters. The fourth-order valence-electron chi connectivity index (χ4n) is 5.85. The summed E-state index contributed by atoms with van der Waals surface area (Å²) in [6.45, 7) is 6.06. The standard InChI is InChI=1S/C18H22O3/c1-8-4-5-9(2)18(3)15(8)16(20)13-10-6-11(12(19)7-10)14(13)17(18)21/h4-5,8-11,13-15H,6-7H2,1-3H3/t8-,9+,10-,11+,13?,14?,15-,18+/m0/s1. The van der Waals surface area contributed by atoms with E-state index >= 15 is 0 Å². The first-order valence-electron chi connectivity index (χ1n) is 8.16. The lowest BCUT2D eigenvalue weighted by Crippen LogP contribution is -2.60. The van der Waals surface area contributed by atoms with E-state index < -0.39 is 5.41 Å². The summed E-state index contributed by atoms with van der Waals surface area (Å²) in [6.07, 6.45) is 5.47. The van der Waals surface area contributed by atoms with Gasteiger partial charge in [-0.15, -0.1) is 0 Å². The maximum atomic E-state index is 13.3. The monoisotopic (exact) mass is 286 g/mol. The lowest BCUT2D eigenvalue weighted by Gasteiger charge is -2.52. The molecule has 3 heteroatoms. The molecule has 4 aliphatic carbocycles. The molecule has 3 nitrogen and oxygen atoms in total. The fraction of sp³-hybridized carbons (Fsp3) is 0.722. The van der Waals surface area contributed by atoms with E-state index in [1.54, 1.807) is 0 Å². The van der Waals surface area contributed by atoms with Gasteiger partial charge in [-0.05, 0) is 24.2 Å². The highest BCUT2D eigenvalue weighted by atomic mass is 16.2. The summed E-state index contributed by atoms with van der Waals surface area (Å²) in [5.41, 5.74) is -0.614. The van der Waals surface area contributed by atoms with Crippen LogP contribution in [0.25, 0.3) is 0 Å². The van der Waals surface area contributed by atoms with Crippen molar-refractivity contribution in [3.05, 3.63) is 12.2 Å². The SMILES string of the molecule is C[C@@H]1C=C[C@H](C)[C@H]2C(=O)C3C(C(=O)[C@]12C)[C@@H]1C[C@H]3CC1=O. The molecular weight excluding hydrogens is 264 g/mol. The molecule has 3 fully saturated rings. The van der Waals surface area contributed by atoms with E-state index in [2.05, 4.69) is 19.1 Å². The van der Waals surface area contributed by atoms with Crippen LogP contribution < -0.4 is 0 Å². The minimum atomic E-state index is -0.614. The predicted octanol–water partition coefficient (Wildman–Crippen LogP) is 2.44. The zero-order valence-electron chi connectivity index (χ0n) is 12.8. The summed E-state index contributed by atoms with van der Waals surface area (Å²) in [5.74, 6) is 0.184. The number of ketones is 3. The molecule has 21 heavy (non-hydrogen) atoms. The maximum Gasteiger partial charge on any atom is 0.144 e. The van der Waals surface area contributed by atoms with Crippen molar-refractivity contribution in [2.45, 2.75) is 33.6 Å². The molecule has 0 radical (unpaired) electrons. The van der Waals surface area contributed by atoms with Crippen LogP contribution in [0, 0.1) is 46.8 Å². The minimum Gasteiger partial charge on any atom is -0.299 e. The molecule has 0 amide bonds. The van der Waals surface area contributed by atoms with Crippen LogP contribution >= 0.6 is 0 Å². The minimum absolute atomic E-state index is 0.0744. The summed E-state index contributed by atoms with van der Waals surface area (Å²) in [6, 6.07) is 0. The Kier molecular flexibility index (Phi) is 2.51. The van der Waals surface area contributed by atoms with Gasteiger partial charge in [0, 0.05) is 35.5 Å². The average molecular weight is 286 g/mol. The van der Waals surface area contributed by atoms with Crippen LogP contribution in [-0.2, 0) is 14.4 Å². The number of carbonyl (C=O) groups is 3. The van der Waals surface area contributed by atoms with Crippen LogP contribution in [0.5, 0.6) is 0 Å². The van der Waals surface area contributed by atoms with Crippen LogP contribution in [0.15, 0.2) is 12.2 Å². The maximum absolute atomic E-state index is 13.3. The highest BCUT2D eigenvalue weighted by molar-refractivity contribution is 6.07. The average Bonchev–Trinajstić information content (AvgIpc) is 2.97. The van der Waals surface area contributed by atoms with Crippen molar-refractivity contribution in [2.75, 3.05) is 0 Å². The summed E-state index contributed by atoms with van der Waals surface area (Å²) >= 11 is 0. The third-order valence-corrected chi connectivity index (χ3v) is 7.05. The lowest BCUT2D eigenvalue weighted by atomic mass is 9.48. The molecule has 4 aliphatic rings. The molecule has 3 saturated carbocycles. The second kappa shape index (κ2) is 3.93. The lowest BCUT2D eigenvalue weighted by molar-refractivity contribution is -0.163. The van der Waals surface area contributed by atoms with Crippen LogP contribution in [-0.4, -0.2) is 17.3 Å². The van der Waals surface area contributed by atoms with Gasteiger partial charge in [-0.1, -0.05) is 32.9 Å². The van der Waals surface area contributed by atoms with Gasteiger partial charge in [-0.3, -0.25) is 14.4 Å². The van der Waals surface area contributed by atoms with Crippen LogP contribution in [0.1, 0.15) is 33.6 Å². The van der Waals surface area contributed by atoms with Crippen molar-refractivity contribution in [2.24, 2.45) is 46.8 Å². The second-order valence-electron chi connectivity index (χ2n) is 7.88. The van der Waals surface area contributed by atoms with Gasteiger partial charge in [0.25, 0.3) is 0 Å². The van der Waals surface area contributed by atoms with Crippen molar-refractivity contribution in [1.29, 1.82) is 0 Å². The number of carbonyl (C=O) groups excluding carboxylic acids is 3. The number of Topliss-reactive ketones (excluding diaryl/α,β-unsaturated/α-hetero) is 3. The van der Waals surface area contributed by atoms with Gasteiger partial charge in [0.05, 0.1) is 0 Å². The molecule has 0 spiro atoms. The number of rotatable bonds is 0. The molecule has 2 unspecified atom stereocenters. The third-order valence-electron chi connectivity index (χ3n) is 7.05. The molecule has 4 rings (SSSR count). The fourth-order valence-corrected chi connectivity index (χ4v) is 5.85. The molecule has 112 valence electrons. The van der Waals surface area contributed by atoms with Gasteiger partial charge >= 0.3 is 0 Å². The summed E-state index contributed by atoms with van der Waals surface area (Å²) in [5, 5.41) is 0. The smallest absolute Gasteiger partial charge is 0.144 e. The van der Waals surface area contributed by atoms with Crippen molar-refractivity contribution in [1.82, 2.24) is 0 Å². The van der Waals surface area contributed by atoms with E-state index in [0.29, 0.717) is 6.42 Å². The molecule has 0 N–H and O–H groups in total. The van der Waals surface area contributed by atoms with Gasteiger partial charge in [-0.25, -0.2) is 0 Å². The first-order chi connectivity index (χ1) is 9.87. The Hall–Kier alpha value is -1.25. The Morgan fingerprint density at radius 3 is 2.52 bits per heavy atom. The van der Waals surface area contributed by atoms with Gasteiger partial charge in [0.15, 0.2) is 0 Å². The molecule has 0 aliphatic heterocycles. The Labute approximate surface area is 125 Å². The van der Waals surface area contributed by atoms with E-state index in [-0.39, 0.29) is 58.8 Å². The zero-order valence-corrected chi connectivity index (χ0v) is 12.8. The largest absolute Gasteiger partial charge is 0.299 e. The highest BCUT2D eigenvalue weighted by Crippen LogP contribution is 2.61. The molecule has 2 bridgehead atoms. The highest BCUT2D eigenvalue weighted by Gasteiger charge is 2.68. The van der Waals surface area contributed by atoms with E-state index in [1.807, 2.05) is 13.8 Å². The molecular formula is C18H22O3. The normalized spacial score (nSPS) is 54.8. The Morgan fingerprint density at radius 1 is 1.10 bits per heavy atom. The van der Waals surface area contributed by atoms with Gasteiger partial charge in [0.1, 0.15) is 17.3 Å². The molecule has 0 heterocycles. The van der Waals surface area contributed by atoms with Crippen molar-refractivity contribution >= 4 is 17.3 Å². The third kappa shape index (κ3) is 1.38. The number of hydrogen-bond donors (Lipinski definition) is 0. The Balaban J connectivity index is 1.85. The Bertz CT molecular complexity index is 589. The summed E-state index contributed by atoms with van der Waals surface area (Å²) in [4.78, 5) is 38.5. The molecule has 0 aromatic carbocycles.